The Balaban J connectivity index is 2.20. The summed E-state index contributed by atoms with van der Waals surface area (Å²) in [4.78, 5) is 7.57. The Morgan fingerprint density at radius 1 is 1.29 bits per heavy atom. The lowest BCUT2D eigenvalue weighted by Gasteiger charge is -2.16. The summed E-state index contributed by atoms with van der Waals surface area (Å²) >= 11 is 1.64. The Labute approximate surface area is 106 Å². The summed E-state index contributed by atoms with van der Waals surface area (Å²) in [6.07, 6.45) is 2.91. The molecule has 1 aromatic carbocycles. The molecule has 1 aromatic heterocycles. The monoisotopic (exact) mass is 247 g/mol. The number of thiazole rings is 1. The quantitative estimate of drug-likeness (QED) is 0.903. The molecule has 0 aliphatic carbocycles. The van der Waals surface area contributed by atoms with E-state index in [1.54, 1.807) is 11.3 Å². The lowest BCUT2D eigenvalue weighted by atomic mass is 10.1. The van der Waals surface area contributed by atoms with Crippen molar-refractivity contribution in [1.82, 2.24) is 4.98 Å². The van der Waals surface area contributed by atoms with E-state index in [-0.39, 0.29) is 0 Å². The normalized spacial score (nSPS) is 10.5. The fraction of sp³-hybridized carbons (Fsp3) is 0.308. The molecule has 0 aliphatic heterocycles. The molecular weight excluding hydrogens is 230 g/mol. The first-order chi connectivity index (χ1) is 8.24. The summed E-state index contributed by atoms with van der Waals surface area (Å²) in [6.45, 7) is 2.72. The van der Waals surface area contributed by atoms with Gasteiger partial charge in [0.15, 0.2) is 5.13 Å². The number of rotatable bonds is 4. The van der Waals surface area contributed by atoms with Crippen LogP contribution in [0.2, 0.25) is 0 Å². The predicted molar refractivity (Wildman–Crippen MR) is 73.9 cm³/mol. The molecule has 0 aliphatic rings. The van der Waals surface area contributed by atoms with Crippen molar-refractivity contribution in [3.05, 3.63) is 40.9 Å². The van der Waals surface area contributed by atoms with Crippen LogP contribution in [0.1, 0.15) is 17.4 Å². The zero-order valence-electron chi connectivity index (χ0n) is 10.2. The molecule has 2 aromatic rings. The Morgan fingerprint density at radius 3 is 2.53 bits per heavy atom. The van der Waals surface area contributed by atoms with Crippen LogP contribution < -0.4 is 10.6 Å². The number of aromatic nitrogens is 1. The van der Waals surface area contributed by atoms with Crippen LogP contribution in [0, 0.1) is 0 Å². The highest BCUT2D eigenvalue weighted by atomic mass is 32.1. The standard InChI is InChI=1S/C13H17N3S/c1-3-10-4-6-11(7-5-10)16(2)13-15-9-12(8-14)17-13/h4-7,9H,3,8,14H2,1-2H3. The van der Waals surface area contributed by atoms with Gasteiger partial charge in [-0.3, -0.25) is 0 Å². The molecule has 0 fully saturated rings. The zero-order valence-corrected chi connectivity index (χ0v) is 11.0. The topological polar surface area (TPSA) is 42.2 Å². The number of hydrogen-bond donors (Lipinski definition) is 1. The molecule has 0 atom stereocenters. The minimum atomic E-state index is 0.556. The van der Waals surface area contributed by atoms with Gasteiger partial charge in [-0.25, -0.2) is 4.98 Å². The number of anilines is 2. The van der Waals surface area contributed by atoms with Crippen molar-refractivity contribution in [3.63, 3.8) is 0 Å². The summed E-state index contributed by atoms with van der Waals surface area (Å²) in [5.41, 5.74) is 8.10. The van der Waals surface area contributed by atoms with Gasteiger partial charge in [0.05, 0.1) is 0 Å². The number of nitrogens with zero attached hydrogens (tertiary/aromatic N) is 2. The fourth-order valence-electron chi connectivity index (χ4n) is 1.61. The molecule has 90 valence electrons. The van der Waals surface area contributed by atoms with Crippen molar-refractivity contribution in [3.8, 4) is 0 Å². The van der Waals surface area contributed by atoms with Crippen LogP contribution in [0.15, 0.2) is 30.5 Å². The van der Waals surface area contributed by atoms with E-state index in [0.717, 1.165) is 22.1 Å². The highest BCUT2D eigenvalue weighted by molar-refractivity contribution is 7.15. The predicted octanol–water partition coefficient (Wildman–Crippen LogP) is 2.93. The van der Waals surface area contributed by atoms with Crippen LogP contribution in [0.4, 0.5) is 10.8 Å². The van der Waals surface area contributed by atoms with E-state index in [4.69, 9.17) is 5.73 Å². The maximum absolute atomic E-state index is 5.59. The van der Waals surface area contributed by atoms with E-state index in [9.17, 15) is 0 Å². The summed E-state index contributed by atoms with van der Waals surface area (Å²) < 4.78 is 0. The average molecular weight is 247 g/mol. The van der Waals surface area contributed by atoms with Gasteiger partial charge < -0.3 is 10.6 Å². The minimum Gasteiger partial charge on any atom is -0.326 e. The number of nitrogens with two attached hydrogens (primary N) is 1. The summed E-state index contributed by atoms with van der Waals surface area (Å²) in [5, 5.41) is 0.981. The molecule has 0 spiro atoms. The number of aryl methyl sites for hydroxylation is 1. The number of hydrogen-bond acceptors (Lipinski definition) is 4. The van der Waals surface area contributed by atoms with Gasteiger partial charge >= 0.3 is 0 Å². The second-order valence-electron chi connectivity index (χ2n) is 3.89. The average Bonchev–Trinajstić information content (AvgIpc) is 2.87. The van der Waals surface area contributed by atoms with Crippen LogP contribution in [0.5, 0.6) is 0 Å². The molecule has 1 heterocycles. The lowest BCUT2D eigenvalue weighted by molar-refractivity contribution is 1.09. The molecular formula is C13H17N3S. The van der Waals surface area contributed by atoms with Crippen LogP contribution in [-0.2, 0) is 13.0 Å². The molecule has 2 rings (SSSR count). The van der Waals surface area contributed by atoms with E-state index >= 15 is 0 Å². The molecule has 0 saturated heterocycles. The second-order valence-corrected chi connectivity index (χ2v) is 4.99. The molecule has 17 heavy (non-hydrogen) atoms. The van der Waals surface area contributed by atoms with Crippen molar-refractivity contribution in [2.24, 2.45) is 5.73 Å². The van der Waals surface area contributed by atoms with Crippen molar-refractivity contribution < 1.29 is 0 Å². The lowest BCUT2D eigenvalue weighted by Crippen LogP contribution is -2.08. The van der Waals surface area contributed by atoms with Gasteiger partial charge in [0, 0.05) is 30.4 Å². The van der Waals surface area contributed by atoms with Gasteiger partial charge in [-0.2, -0.15) is 0 Å². The van der Waals surface area contributed by atoms with E-state index in [0.29, 0.717) is 6.54 Å². The Hall–Kier alpha value is -1.39. The first-order valence-corrected chi connectivity index (χ1v) is 6.53. The van der Waals surface area contributed by atoms with Crippen LogP contribution in [-0.4, -0.2) is 12.0 Å². The summed E-state index contributed by atoms with van der Waals surface area (Å²) in [7, 11) is 2.03. The third-order valence-corrected chi connectivity index (χ3v) is 3.86. The maximum atomic E-state index is 5.59. The second kappa shape index (κ2) is 5.29. The van der Waals surface area contributed by atoms with Gasteiger partial charge in [0.1, 0.15) is 0 Å². The van der Waals surface area contributed by atoms with Gasteiger partial charge in [-0.1, -0.05) is 19.1 Å². The Kier molecular flexibility index (Phi) is 3.76. The van der Waals surface area contributed by atoms with Crippen LogP contribution >= 0.6 is 11.3 Å². The van der Waals surface area contributed by atoms with Crippen LogP contribution in [0.3, 0.4) is 0 Å². The molecule has 0 bridgehead atoms. The highest BCUT2D eigenvalue weighted by Crippen LogP contribution is 2.27. The summed E-state index contributed by atoms with van der Waals surface area (Å²) in [5.74, 6) is 0. The van der Waals surface area contributed by atoms with Gasteiger partial charge in [-0.15, -0.1) is 11.3 Å². The largest absolute Gasteiger partial charge is 0.326 e. The molecule has 0 amide bonds. The summed E-state index contributed by atoms with van der Waals surface area (Å²) in [6, 6.07) is 8.57. The molecule has 0 radical (unpaired) electrons. The van der Waals surface area contributed by atoms with E-state index in [1.807, 2.05) is 13.2 Å². The zero-order chi connectivity index (χ0) is 12.3. The highest BCUT2D eigenvalue weighted by Gasteiger charge is 2.08. The maximum Gasteiger partial charge on any atom is 0.189 e. The third-order valence-electron chi connectivity index (χ3n) is 2.76. The van der Waals surface area contributed by atoms with E-state index in [2.05, 4.69) is 41.1 Å². The molecule has 0 saturated carbocycles. The molecule has 2 N–H and O–H groups in total. The first-order valence-electron chi connectivity index (χ1n) is 5.72. The smallest absolute Gasteiger partial charge is 0.189 e. The number of benzene rings is 1. The van der Waals surface area contributed by atoms with Gasteiger partial charge in [0.2, 0.25) is 0 Å². The minimum absolute atomic E-state index is 0.556. The molecule has 0 unspecified atom stereocenters. The first kappa shape index (κ1) is 12.1. The van der Waals surface area contributed by atoms with Crippen LogP contribution in [0.25, 0.3) is 0 Å². The van der Waals surface area contributed by atoms with E-state index in [1.165, 1.54) is 5.56 Å². The fourth-order valence-corrected chi connectivity index (χ4v) is 2.38. The molecule has 3 nitrogen and oxygen atoms in total. The van der Waals surface area contributed by atoms with E-state index < -0.39 is 0 Å². The van der Waals surface area contributed by atoms with Crippen molar-refractivity contribution in [2.75, 3.05) is 11.9 Å². The Morgan fingerprint density at radius 2 is 2.00 bits per heavy atom. The van der Waals surface area contributed by atoms with Crippen molar-refractivity contribution in [2.45, 2.75) is 19.9 Å². The van der Waals surface area contributed by atoms with Crippen molar-refractivity contribution in [1.29, 1.82) is 0 Å². The Bertz CT molecular complexity index is 476. The SMILES string of the molecule is CCc1ccc(N(C)c2ncc(CN)s2)cc1. The van der Waals surface area contributed by atoms with Crippen molar-refractivity contribution >= 4 is 22.2 Å². The van der Waals surface area contributed by atoms with Gasteiger partial charge in [-0.05, 0) is 24.1 Å². The molecule has 4 heteroatoms. The van der Waals surface area contributed by atoms with Gasteiger partial charge in [0.25, 0.3) is 0 Å². The third kappa shape index (κ3) is 2.65.